The number of nitrogens with zero attached hydrogens (tertiary/aromatic N) is 1. The second-order valence-corrected chi connectivity index (χ2v) is 7.09. The van der Waals surface area contributed by atoms with Crippen LogP contribution in [0, 0.1) is 11.7 Å². The Kier molecular flexibility index (Phi) is 4.79. The summed E-state index contributed by atoms with van der Waals surface area (Å²) in [6, 6.07) is 9.39. The van der Waals surface area contributed by atoms with Gasteiger partial charge in [-0.05, 0) is 48.6 Å². The van der Waals surface area contributed by atoms with Crippen LogP contribution in [0.3, 0.4) is 0 Å². The number of hydrogen-bond donors (Lipinski definition) is 1. The molecule has 1 aliphatic rings. The van der Waals surface area contributed by atoms with E-state index >= 15 is 0 Å². The van der Waals surface area contributed by atoms with Crippen LogP contribution in [0.4, 0.5) is 4.39 Å². The first-order valence-corrected chi connectivity index (χ1v) is 9.23. The van der Waals surface area contributed by atoms with Crippen molar-refractivity contribution in [3.63, 3.8) is 0 Å². The highest BCUT2D eigenvalue weighted by Crippen LogP contribution is 2.35. The van der Waals surface area contributed by atoms with Gasteiger partial charge in [0.05, 0.1) is 17.7 Å². The molecule has 140 valence electrons. The van der Waals surface area contributed by atoms with Crippen molar-refractivity contribution in [1.29, 1.82) is 0 Å². The number of fused-ring (bicyclic) bond motifs is 1. The highest BCUT2D eigenvalue weighted by Gasteiger charge is 2.28. The number of carbonyl (C=O) groups is 1. The Hall–Kier alpha value is -2.89. The topological polar surface area (TPSA) is 64.2 Å². The third kappa shape index (κ3) is 3.65. The van der Waals surface area contributed by atoms with E-state index in [1.165, 1.54) is 23.0 Å². The minimum absolute atomic E-state index is 0.0651. The molecule has 6 heteroatoms. The predicted molar refractivity (Wildman–Crippen MR) is 99.7 cm³/mol. The Morgan fingerprint density at radius 2 is 1.93 bits per heavy atom. The summed E-state index contributed by atoms with van der Waals surface area (Å²) in [5.74, 6) is -0.205. The minimum atomic E-state index is -0.296. The number of halogens is 1. The van der Waals surface area contributed by atoms with Gasteiger partial charge in [-0.25, -0.2) is 4.39 Å². The Morgan fingerprint density at radius 1 is 1.19 bits per heavy atom. The first kappa shape index (κ1) is 17.5. The standard InChI is InChI=1S/C21H21FN2O3/c22-16-7-5-15(6-8-16)20(14-3-1-2-4-14)23-19(25)13-24-11-9-18-17(21(24)26)10-12-27-18/h5-12,14,20H,1-4,13H2,(H,23,25). The molecule has 0 radical (unpaired) electrons. The molecule has 1 saturated carbocycles. The van der Waals surface area contributed by atoms with Crippen LogP contribution in [0.1, 0.15) is 37.3 Å². The fourth-order valence-corrected chi connectivity index (χ4v) is 3.94. The molecule has 0 bridgehead atoms. The molecule has 5 nitrogen and oxygen atoms in total. The van der Waals surface area contributed by atoms with Gasteiger partial charge in [-0.2, -0.15) is 0 Å². The molecule has 1 amide bonds. The van der Waals surface area contributed by atoms with E-state index in [4.69, 9.17) is 4.42 Å². The van der Waals surface area contributed by atoms with Crippen molar-refractivity contribution in [2.75, 3.05) is 0 Å². The molecule has 1 fully saturated rings. The lowest BCUT2D eigenvalue weighted by Gasteiger charge is -2.25. The van der Waals surface area contributed by atoms with Crippen LogP contribution in [-0.4, -0.2) is 10.5 Å². The average molecular weight is 368 g/mol. The van der Waals surface area contributed by atoms with E-state index in [2.05, 4.69) is 5.32 Å². The van der Waals surface area contributed by atoms with Crippen LogP contribution >= 0.6 is 0 Å². The Labute approximate surface area is 155 Å². The summed E-state index contributed by atoms with van der Waals surface area (Å²) < 4.78 is 19.9. The van der Waals surface area contributed by atoms with E-state index in [0.29, 0.717) is 16.9 Å². The van der Waals surface area contributed by atoms with Crippen molar-refractivity contribution in [3.05, 3.63) is 70.6 Å². The molecule has 1 atom stereocenters. The summed E-state index contributed by atoms with van der Waals surface area (Å²) in [6.45, 7) is -0.0651. The van der Waals surface area contributed by atoms with Crippen molar-refractivity contribution in [2.24, 2.45) is 5.92 Å². The van der Waals surface area contributed by atoms with Crippen molar-refractivity contribution in [3.8, 4) is 0 Å². The second kappa shape index (κ2) is 7.39. The van der Waals surface area contributed by atoms with Crippen LogP contribution < -0.4 is 10.9 Å². The van der Waals surface area contributed by atoms with E-state index in [9.17, 15) is 14.0 Å². The number of nitrogens with one attached hydrogen (secondary N) is 1. The number of benzene rings is 1. The van der Waals surface area contributed by atoms with Crippen LogP contribution in [0.25, 0.3) is 11.0 Å². The van der Waals surface area contributed by atoms with Gasteiger partial charge in [-0.15, -0.1) is 0 Å². The average Bonchev–Trinajstić information content (AvgIpc) is 3.35. The van der Waals surface area contributed by atoms with Crippen LogP contribution in [0.15, 0.2) is 58.1 Å². The Morgan fingerprint density at radius 3 is 2.67 bits per heavy atom. The molecule has 0 spiro atoms. The maximum atomic E-state index is 13.3. The second-order valence-electron chi connectivity index (χ2n) is 7.09. The zero-order valence-corrected chi connectivity index (χ0v) is 14.9. The van der Waals surface area contributed by atoms with Crippen LogP contribution in [0.5, 0.6) is 0 Å². The first-order valence-electron chi connectivity index (χ1n) is 9.23. The summed E-state index contributed by atoms with van der Waals surface area (Å²) in [5, 5.41) is 3.52. The van der Waals surface area contributed by atoms with E-state index in [0.717, 1.165) is 31.2 Å². The molecule has 1 unspecified atom stereocenters. The van der Waals surface area contributed by atoms with Gasteiger partial charge in [-0.3, -0.25) is 9.59 Å². The van der Waals surface area contributed by atoms with E-state index in [1.807, 2.05) is 0 Å². The predicted octanol–water partition coefficient (Wildman–Crippen LogP) is 3.78. The molecule has 2 heterocycles. The van der Waals surface area contributed by atoms with E-state index in [-0.39, 0.29) is 29.9 Å². The third-order valence-corrected chi connectivity index (χ3v) is 5.32. The summed E-state index contributed by atoms with van der Waals surface area (Å²) in [5.41, 5.74) is 1.15. The molecular weight excluding hydrogens is 347 g/mol. The monoisotopic (exact) mass is 368 g/mol. The smallest absolute Gasteiger partial charge is 0.262 e. The van der Waals surface area contributed by atoms with E-state index in [1.54, 1.807) is 30.5 Å². The van der Waals surface area contributed by atoms with Gasteiger partial charge < -0.3 is 14.3 Å². The zero-order valence-electron chi connectivity index (χ0n) is 14.9. The highest BCUT2D eigenvalue weighted by molar-refractivity contribution is 5.78. The molecule has 1 aliphatic carbocycles. The number of hydrogen-bond acceptors (Lipinski definition) is 3. The molecule has 1 aromatic carbocycles. The zero-order chi connectivity index (χ0) is 18.8. The lowest BCUT2D eigenvalue weighted by Crippen LogP contribution is -2.37. The molecule has 4 rings (SSSR count). The third-order valence-electron chi connectivity index (χ3n) is 5.32. The van der Waals surface area contributed by atoms with Gasteiger partial charge in [0, 0.05) is 6.20 Å². The molecule has 27 heavy (non-hydrogen) atoms. The number of pyridine rings is 1. The molecule has 1 N–H and O–H groups in total. The van der Waals surface area contributed by atoms with Gasteiger partial charge in [0.15, 0.2) is 0 Å². The van der Waals surface area contributed by atoms with Gasteiger partial charge in [-0.1, -0.05) is 25.0 Å². The molecule has 0 saturated heterocycles. The quantitative estimate of drug-likeness (QED) is 0.745. The molecule has 3 aromatic rings. The van der Waals surface area contributed by atoms with Crippen molar-refractivity contribution < 1.29 is 13.6 Å². The highest BCUT2D eigenvalue weighted by atomic mass is 19.1. The maximum absolute atomic E-state index is 13.3. The number of aromatic nitrogens is 1. The summed E-state index contributed by atoms with van der Waals surface area (Å²) in [4.78, 5) is 25.1. The number of rotatable bonds is 5. The first-order chi connectivity index (χ1) is 13.1. The van der Waals surface area contributed by atoms with Crippen LogP contribution in [-0.2, 0) is 11.3 Å². The Balaban J connectivity index is 1.54. The number of furan rings is 1. The molecule has 2 aromatic heterocycles. The Bertz CT molecular complexity index is 1000. The fourth-order valence-electron chi connectivity index (χ4n) is 3.94. The SMILES string of the molecule is O=C(Cn1ccc2occc2c1=O)NC(c1ccc(F)cc1)C1CCCC1. The van der Waals surface area contributed by atoms with Crippen molar-refractivity contribution in [2.45, 2.75) is 38.3 Å². The maximum Gasteiger partial charge on any atom is 0.262 e. The lowest BCUT2D eigenvalue weighted by atomic mass is 9.91. The van der Waals surface area contributed by atoms with Gasteiger partial charge in [0.25, 0.3) is 5.56 Å². The summed E-state index contributed by atoms with van der Waals surface area (Å²) in [7, 11) is 0. The van der Waals surface area contributed by atoms with Crippen LogP contribution in [0.2, 0.25) is 0 Å². The minimum Gasteiger partial charge on any atom is -0.464 e. The summed E-state index contributed by atoms with van der Waals surface area (Å²) >= 11 is 0. The molecular formula is C21H21FN2O3. The van der Waals surface area contributed by atoms with Crippen molar-refractivity contribution in [1.82, 2.24) is 9.88 Å². The lowest BCUT2D eigenvalue weighted by molar-refractivity contribution is -0.122. The normalized spacial score (nSPS) is 15.9. The van der Waals surface area contributed by atoms with Crippen molar-refractivity contribution >= 4 is 16.9 Å². The summed E-state index contributed by atoms with van der Waals surface area (Å²) in [6.07, 6.45) is 7.35. The molecule has 0 aliphatic heterocycles. The van der Waals surface area contributed by atoms with E-state index < -0.39 is 0 Å². The van der Waals surface area contributed by atoms with Gasteiger partial charge >= 0.3 is 0 Å². The van der Waals surface area contributed by atoms with Gasteiger partial charge in [0.1, 0.15) is 17.9 Å². The fraction of sp³-hybridized carbons (Fsp3) is 0.333. The number of carbonyl (C=O) groups excluding carboxylic acids is 1. The largest absolute Gasteiger partial charge is 0.464 e. The number of amides is 1. The van der Waals surface area contributed by atoms with Gasteiger partial charge in [0.2, 0.25) is 5.91 Å².